The maximum absolute atomic E-state index is 13.0. The van der Waals surface area contributed by atoms with Gasteiger partial charge in [0.05, 0.1) is 5.75 Å². The van der Waals surface area contributed by atoms with Crippen molar-refractivity contribution in [1.29, 1.82) is 0 Å². The Morgan fingerprint density at radius 1 is 1.21 bits per heavy atom. The Morgan fingerprint density at radius 3 is 2.61 bits per heavy atom. The molecule has 0 spiro atoms. The van der Waals surface area contributed by atoms with Crippen molar-refractivity contribution in [2.24, 2.45) is 0 Å². The van der Waals surface area contributed by atoms with E-state index < -0.39 is 0 Å². The zero-order chi connectivity index (χ0) is 19.8. The fourth-order valence-electron chi connectivity index (χ4n) is 3.35. The smallest absolute Gasteiger partial charge is 0.230 e. The van der Waals surface area contributed by atoms with E-state index in [0.717, 1.165) is 12.8 Å². The number of ether oxygens (including phenoxy) is 1. The topological polar surface area (TPSA) is 69.0 Å². The molecule has 0 radical (unpaired) electrons. The molecule has 1 fully saturated rings. The molecular weight excluding hydrogens is 379 g/mol. The number of amides is 1. The third kappa shape index (κ3) is 5.95. The van der Waals surface area contributed by atoms with Crippen molar-refractivity contribution in [2.45, 2.75) is 69.8 Å². The first-order chi connectivity index (χ1) is 13.7. The first-order valence-electron chi connectivity index (χ1n) is 9.88. The number of aromatic nitrogens is 3. The van der Waals surface area contributed by atoms with Crippen molar-refractivity contribution in [3.05, 3.63) is 35.9 Å². The fourth-order valence-corrected chi connectivity index (χ4v) is 4.18. The predicted molar refractivity (Wildman–Crippen MR) is 107 cm³/mol. The molecular formula is C20H27FN4O2S. The lowest BCUT2D eigenvalue weighted by Crippen LogP contribution is -2.35. The van der Waals surface area contributed by atoms with Crippen LogP contribution in [0.25, 0.3) is 0 Å². The van der Waals surface area contributed by atoms with Gasteiger partial charge in [-0.15, -0.1) is 10.2 Å². The van der Waals surface area contributed by atoms with E-state index in [1.807, 2.05) is 11.5 Å². The fraction of sp³-hybridized carbons (Fsp3) is 0.550. The summed E-state index contributed by atoms with van der Waals surface area (Å²) in [6, 6.07) is 6.17. The van der Waals surface area contributed by atoms with Gasteiger partial charge in [-0.1, -0.05) is 37.4 Å². The van der Waals surface area contributed by atoms with Crippen LogP contribution in [0.3, 0.4) is 0 Å². The van der Waals surface area contributed by atoms with Crippen LogP contribution in [0.4, 0.5) is 4.39 Å². The maximum atomic E-state index is 13.0. The summed E-state index contributed by atoms with van der Waals surface area (Å²) in [5, 5.41) is 12.2. The van der Waals surface area contributed by atoms with Crippen LogP contribution < -0.4 is 10.1 Å². The minimum Gasteiger partial charge on any atom is -0.486 e. The average Bonchev–Trinajstić information content (AvgIpc) is 2.91. The molecule has 1 saturated carbocycles. The van der Waals surface area contributed by atoms with Crippen LogP contribution in [0, 0.1) is 5.82 Å². The van der Waals surface area contributed by atoms with Crippen LogP contribution in [0.2, 0.25) is 0 Å². The molecule has 152 valence electrons. The summed E-state index contributed by atoms with van der Waals surface area (Å²) in [6.45, 7) is 2.92. The number of hydrogen-bond acceptors (Lipinski definition) is 5. The Kier molecular flexibility index (Phi) is 7.71. The number of nitrogens with one attached hydrogen (secondary N) is 1. The molecule has 1 aromatic carbocycles. The third-order valence-electron chi connectivity index (χ3n) is 4.84. The van der Waals surface area contributed by atoms with Crippen molar-refractivity contribution >= 4 is 17.7 Å². The highest BCUT2D eigenvalue weighted by Gasteiger charge is 2.17. The molecule has 1 aliphatic carbocycles. The Labute approximate surface area is 169 Å². The molecule has 1 heterocycles. The number of hydrogen-bond donors (Lipinski definition) is 1. The predicted octanol–water partition coefficient (Wildman–Crippen LogP) is 3.95. The first kappa shape index (κ1) is 20.6. The molecule has 2 aromatic rings. The number of carbonyl (C=O) groups is 1. The van der Waals surface area contributed by atoms with E-state index in [9.17, 15) is 9.18 Å². The summed E-state index contributed by atoms with van der Waals surface area (Å²) in [4.78, 5) is 12.3. The standard InChI is InChI=1S/C20H27FN4O2S/c1-2-25-18(13-27-17-11-9-15(21)10-12-17)23-24-20(25)28-14-19(26)22-16-7-5-3-4-6-8-16/h9-12,16H,2-8,13-14H2,1H3,(H,22,26). The maximum Gasteiger partial charge on any atom is 0.230 e. The van der Waals surface area contributed by atoms with E-state index in [2.05, 4.69) is 15.5 Å². The van der Waals surface area contributed by atoms with Gasteiger partial charge in [-0.25, -0.2) is 4.39 Å². The summed E-state index contributed by atoms with van der Waals surface area (Å²) in [6.07, 6.45) is 7.07. The molecule has 8 heteroatoms. The van der Waals surface area contributed by atoms with Crippen LogP contribution >= 0.6 is 11.8 Å². The van der Waals surface area contributed by atoms with E-state index in [1.54, 1.807) is 12.1 Å². The second-order valence-corrected chi connectivity index (χ2v) is 7.87. The lowest BCUT2D eigenvalue weighted by atomic mass is 10.1. The SMILES string of the molecule is CCn1c(COc2ccc(F)cc2)nnc1SCC(=O)NC1CCCCCC1. The minimum absolute atomic E-state index is 0.0478. The van der Waals surface area contributed by atoms with E-state index in [-0.39, 0.29) is 18.3 Å². The molecule has 0 atom stereocenters. The van der Waals surface area contributed by atoms with E-state index in [0.29, 0.717) is 35.1 Å². The van der Waals surface area contributed by atoms with Crippen LogP contribution in [-0.2, 0) is 17.9 Å². The molecule has 0 bridgehead atoms. The lowest BCUT2D eigenvalue weighted by molar-refractivity contribution is -0.119. The van der Waals surface area contributed by atoms with Gasteiger partial charge in [0.25, 0.3) is 0 Å². The van der Waals surface area contributed by atoms with Gasteiger partial charge in [-0.2, -0.15) is 0 Å². The number of halogens is 1. The summed E-state index contributed by atoms with van der Waals surface area (Å²) in [7, 11) is 0. The highest BCUT2D eigenvalue weighted by atomic mass is 32.2. The second kappa shape index (κ2) is 10.5. The largest absolute Gasteiger partial charge is 0.486 e. The Balaban J connectivity index is 1.51. The second-order valence-electron chi connectivity index (χ2n) is 6.93. The zero-order valence-electron chi connectivity index (χ0n) is 16.2. The normalized spacial score (nSPS) is 15.2. The number of carbonyl (C=O) groups excluding carboxylic acids is 1. The number of rotatable bonds is 8. The van der Waals surface area contributed by atoms with Gasteiger partial charge in [-0.05, 0) is 44.0 Å². The summed E-state index contributed by atoms with van der Waals surface area (Å²) < 4.78 is 20.6. The molecule has 1 amide bonds. The van der Waals surface area contributed by atoms with Crippen molar-refractivity contribution < 1.29 is 13.9 Å². The van der Waals surface area contributed by atoms with Crippen LogP contribution in [0.1, 0.15) is 51.3 Å². The Hall–Kier alpha value is -2.09. The summed E-state index contributed by atoms with van der Waals surface area (Å²) in [5.41, 5.74) is 0. The van der Waals surface area contributed by atoms with Crippen LogP contribution in [-0.4, -0.2) is 32.5 Å². The van der Waals surface area contributed by atoms with Gasteiger partial charge in [0, 0.05) is 12.6 Å². The average molecular weight is 407 g/mol. The van der Waals surface area contributed by atoms with Crippen molar-refractivity contribution in [2.75, 3.05) is 5.75 Å². The third-order valence-corrected chi connectivity index (χ3v) is 5.81. The first-order valence-corrected chi connectivity index (χ1v) is 10.9. The van der Waals surface area contributed by atoms with Crippen molar-refractivity contribution in [3.63, 3.8) is 0 Å². The molecule has 1 N–H and O–H groups in total. The Morgan fingerprint density at radius 2 is 1.93 bits per heavy atom. The van der Waals surface area contributed by atoms with Crippen molar-refractivity contribution in [3.8, 4) is 5.75 Å². The van der Waals surface area contributed by atoms with E-state index in [4.69, 9.17) is 4.74 Å². The monoisotopic (exact) mass is 406 g/mol. The zero-order valence-corrected chi connectivity index (χ0v) is 17.0. The summed E-state index contributed by atoms with van der Waals surface area (Å²) >= 11 is 1.39. The molecule has 1 aliphatic rings. The lowest BCUT2D eigenvalue weighted by Gasteiger charge is -2.16. The highest BCUT2D eigenvalue weighted by Crippen LogP contribution is 2.20. The van der Waals surface area contributed by atoms with E-state index in [1.165, 1.54) is 49.6 Å². The van der Waals surface area contributed by atoms with Gasteiger partial charge in [-0.3, -0.25) is 4.79 Å². The molecule has 0 saturated heterocycles. The molecule has 1 aromatic heterocycles. The number of thioether (sulfide) groups is 1. The molecule has 6 nitrogen and oxygen atoms in total. The molecule has 3 rings (SSSR count). The van der Waals surface area contributed by atoms with Gasteiger partial charge in [0.15, 0.2) is 11.0 Å². The van der Waals surface area contributed by atoms with Gasteiger partial charge in [0.2, 0.25) is 5.91 Å². The van der Waals surface area contributed by atoms with Gasteiger partial charge < -0.3 is 14.6 Å². The molecule has 0 aliphatic heterocycles. The van der Waals surface area contributed by atoms with Crippen molar-refractivity contribution in [1.82, 2.24) is 20.1 Å². The highest BCUT2D eigenvalue weighted by molar-refractivity contribution is 7.99. The quantitative estimate of drug-likeness (QED) is 0.531. The van der Waals surface area contributed by atoms with Gasteiger partial charge >= 0.3 is 0 Å². The molecule has 28 heavy (non-hydrogen) atoms. The summed E-state index contributed by atoms with van der Waals surface area (Å²) in [5.74, 6) is 1.33. The van der Waals surface area contributed by atoms with Crippen LogP contribution in [0.15, 0.2) is 29.4 Å². The minimum atomic E-state index is -0.301. The number of nitrogens with zero attached hydrogens (tertiary/aromatic N) is 3. The van der Waals surface area contributed by atoms with E-state index >= 15 is 0 Å². The number of benzene rings is 1. The Bertz CT molecular complexity index is 758. The van der Waals surface area contributed by atoms with Crippen LogP contribution in [0.5, 0.6) is 5.75 Å². The van der Waals surface area contributed by atoms with Gasteiger partial charge in [0.1, 0.15) is 18.2 Å². The molecule has 0 unspecified atom stereocenters.